The Morgan fingerprint density at radius 2 is 1.33 bits per heavy atom. The fourth-order valence-corrected chi connectivity index (χ4v) is 4.16. The summed E-state index contributed by atoms with van der Waals surface area (Å²) in [6.07, 6.45) is 14.9. The van der Waals surface area contributed by atoms with Crippen molar-refractivity contribution < 1.29 is 9.53 Å². The van der Waals surface area contributed by atoms with E-state index < -0.39 is 0 Å². The van der Waals surface area contributed by atoms with E-state index in [2.05, 4.69) is 46.8 Å². The van der Waals surface area contributed by atoms with Gasteiger partial charge in [-0.2, -0.15) is 0 Å². The third kappa shape index (κ3) is 11.8. The van der Waals surface area contributed by atoms with Gasteiger partial charge in [-0.15, -0.1) is 0 Å². The van der Waals surface area contributed by atoms with E-state index in [0.717, 1.165) is 12.8 Å². The molecule has 0 aromatic heterocycles. The minimum atomic E-state index is -0.323. The Hall–Kier alpha value is -1.31. The van der Waals surface area contributed by atoms with Crippen molar-refractivity contribution in [3.05, 3.63) is 34.4 Å². The molecule has 0 saturated carbocycles. The molecular weight excluding hydrogens is 368 g/mol. The highest BCUT2D eigenvalue weighted by molar-refractivity contribution is 5.38. The second-order valence-corrected chi connectivity index (χ2v) is 11.1. The lowest BCUT2D eigenvalue weighted by molar-refractivity contribution is -0.140. The highest BCUT2D eigenvalue weighted by Gasteiger charge is 2.17. The molecule has 0 N–H and O–H groups in total. The number of carbonyl (C=O) groups excluding carboxylic acids is 1. The molecule has 0 amide bonds. The first-order valence-corrected chi connectivity index (χ1v) is 12.2. The van der Waals surface area contributed by atoms with Crippen LogP contribution in [0.1, 0.15) is 121 Å². The van der Waals surface area contributed by atoms with Crippen molar-refractivity contribution in [2.75, 3.05) is 0 Å². The molecule has 0 aliphatic heterocycles. The van der Waals surface area contributed by atoms with Gasteiger partial charge in [-0.3, -0.25) is 4.79 Å². The molecule has 2 nitrogen and oxygen atoms in total. The smallest absolute Gasteiger partial charge is 0.293 e. The van der Waals surface area contributed by atoms with Crippen LogP contribution in [0, 0.1) is 19.3 Å². The summed E-state index contributed by atoms with van der Waals surface area (Å²) in [7, 11) is 0. The van der Waals surface area contributed by atoms with Crippen LogP contribution in [-0.2, 0) is 22.4 Å². The van der Waals surface area contributed by atoms with E-state index in [4.69, 9.17) is 4.74 Å². The molecule has 0 radical (unpaired) electrons. The van der Waals surface area contributed by atoms with Gasteiger partial charge in [0.15, 0.2) is 0 Å². The molecular formula is C28H48O2. The fourth-order valence-electron chi connectivity index (χ4n) is 4.16. The van der Waals surface area contributed by atoms with Crippen LogP contribution in [0.4, 0.5) is 0 Å². The van der Waals surface area contributed by atoms with Gasteiger partial charge in [0.05, 0.1) is 0 Å². The van der Waals surface area contributed by atoms with Crippen LogP contribution in [-0.4, -0.2) is 12.1 Å². The molecule has 2 heteroatoms. The Labute approximate surface area is 187 Å². The highest BCUT2D eigenvalue weighted by Crippen LogP contribution is 2.24. The Kier molecular flexibility index (Phi) is 11.7. The third-order valence-corrected chi connectivity index (χ3v) is 6.32. The van der Waals surface area contributed by atoms with Crippen LogP contribution in [0.5, 0.6) is 0 Å². The number of hydrogen-bond acceptors (Lipinski definition) is 2. The molecule has 1 aromatic carbocycles. The Morgan fingerprint density at radius 1 is 0.767 bits per heavy atom. The molecule has 0 bridgehead atoms. The molecule has 1 aromatic rings. The van der Waals surface area contributed by atoms with Crippen LogP contribution < -0.4 is 0 Å². The Morgan fingerprint density at radius 3 is 1.93 bits per heavy atom. The molecule has 0 saturated heterocycles. The molecule has 1 rings (SSSR count). The van der Waals surface area contributed by atoms with Gasteiger partial charge in [0, 0.05) is 0 Å². The predicted molar refractivity (Wildman–Crippen MR) is 130 cm³/mol. The first kappa shape index (κ1) is 26.7. The average molecular weight is 417 g/mol. The molecule has 172 valence electrons. The number of unbranched alkanes of at least 4 members (excludes halogenated alkanes) is 6. The molecule has 0 atom stereocenters. The van der Waals surface area contributed by atoms with Crippen molar-refractivity contribution in [1.82, 2.24) is 0 Å². The Balaban J connectivity index is 2.35. The van der Waals surface area contributed by atoms with Crippen molar-refractivity contribution in [1.29, 1.82) is 0 Å². The molecule has 0 unspecified atom stereocenters. The van der Waals surface area contributed by atoms with E-state index in [-0.39, 0.29) is 5.60 Å². The second-order valence-electron chi connectivity index (χ2n) is 11.1. The maximum atomic E-state index is 10.5. The van der Waals surface area contributed by atoms with Gasteiger partial charge in [0.2, 0.25) is 0 Å². The summed E-state index contributed by atoms with van der Waals surface area (Å²) in [5.41, 5.74) is 6.14. The standard InChI is InChI=1S/C28H48O2/c1-23-20-25(16-12-8-10-14-18-27(3,4)5)21-26(24(23)2)17-13-9-11-15-19-28(6,7)30-22-29/h20-22H,8-19H2,1-7H3. The van der Waals surface area contributed by atoms with Crippen molar-refractivity contribution >= 4 is 6.47 Å². The van der Waals surface area contributed by atoms with Crippen molar-refractivity contribution in [2.24, 2.45) is 5.41 Å². The van der Waals surface area contributed by atoms with E-state index in [1.807, 2.05) is 13.8 Å². The minimum Gasteiger partial charge on any atom is -0.462 e. The monoisotopic (exact) mass is 416 g/mol. The van der Waals surface area contributed by atoms with E-state index in [0.29, 0.717) is 11.9 Å². The Bertz CT molecular complexity index is 622. The quantitative estimate of drug-likeness (QED) is 0.212. The molecule has 0 spiro atoms. The first-order valence-electron chi connectivity index (χ1n) is 12.2. The number of hydrogen-bond donors (Lipinski definition) is 0. The van der Waals surface area contributed by atoms with Crippen LogP contribution in [0.25, 0.3) is 0 Å². The van der Waals surface area contributed by atoms with E-state index >= 15 is 0 Å². The summed E-state index contributed by atoms with van der Waals surface area (Å²) in [5.74, 6) is 0. The van der Waals surface area contributed by atoms with Crippen LogP contribution in [0.2, 0.25) is 0 Å². The number of carbonyl (C=O) groups is 1. The molecule has 0 aliphatic rings. The normalized spacial score (nSPS) is 12.2. The lowest BCUT2D eigenvalue weighted by Crippen LogP contribution is -2.23. The SMILES string of the molecule is Cc1cc(CCCCCCC(C)(C)C)cc(CCCCCCC(C)(C)OC=O)c1C. The van der Waals surface area contributed by atoms with Crippen LogP contribution >= 0.6 is 0 Å². The van der Waals surface area contributed by atoms with Crippen LogP contribution in [0.15, 0.2) is 12.1 Å². The zero-order valence-electron chi connectivity index (χ0n) is 21.0. The van der Waals surface area contributed by atoms with E-state index in [1.54, 1.807) is 5.56 Å². The van der Waals surface area contributed by atoms with Gasteiger partial charge in [-0.1, -0.05) is 65.0 Å². The third-order valence-electron chi connectivity index (χ3n) is 6.32. The van der Waals surface area contributed by atoms with Gasteiger partial charge in [-0.25, -0.2) is 0 Å². The number of aryl methyl sites for hydroxylation is 3. The van der Waals surface area contributed by atoms with Gasteiger partial charge >= 0.3 is 0 Å². The van der Waals surface area contributed by atoms with Gasteiger partial charge < -0.3 is 4.74 Å². The zero-order valence-corrected chi connectivity index (χ0v) is 21.0. The van der Waals surface area contributed by atoms with E-state index in [1.165, 1.54) is 80.9 Å². The number of rotatable bonds is 15. The summed E-state index contributed by atoms with van der Waals surface area (Å²) in [5, 5.41) is 0. The molecule has 0 fully saturated rings. The predicted octanol–water partition coefficient (Wildman–Crippen LogP) is 8.29. The largest absolute Gasteiger partial charge is 0.462 e. The molecule has 0 aliphatic carbocycles. The second kappa shape index (κ2) is 13.2. The summed E-state index contributed by atoms with van der Waals surface area (Å²) in [6, 6.07) is 4.88. The lowest BCUT2D eigenvalue weighted by Gasteiger charge is -2.22. The number of benzene rings is 1. The first-order chi connectivity index (χ1) is 14.0. The topological polar surface area (TPSA) is 26.3 Å². The fraction of sp³-hybridized carbons (Fsp3) is 0.750. The maximum Gasteiger partial charge on any atom is 0.293 e. The van der Waals surface area contributed by atoms with Crippen LogP contribution in [0.3, 0.4) is 0 Å². The molecule has 30 heavy (non-hydrogen) atoms. The van der Waals surface area contributed by atoms with Crippen molar-refractivity contribution in [2.45, 2.75) is 131 Å². The average Bonchev–Trinajstić information content (AvgIpc) is 2.63. The molecule has 0 heterocycles. The minimum absolute atomic E-state index is 0.323. The van der Waals surface area contributed by atoms with Gasteiger partial charge in [-0.05, 0) is 100 Å². The van der Waals surface area contributed by atoms with Gasteiger partial charge in [0.25, 0.3) is 6.47 Å². The lowest BCUT2D eigenvalue weighted by atomic mass is 9.89. The summed E-state index contributed by atoms with van der Waals surface area (Å²) in [4.78, 5) is 10.5. The zero-order chi connectivity index (χ0) is 22.6. The van der Waals surface area contributed by atoms with Crippen molar-refractivity contribution in [3.63, 3.8) is 0 Å². The van der Waals surface area contributed by atoms with Gasteiger partial charge in [0.1, 0.15) is 5.60 Å². The van der Waals surface area contributed by atoms with Crippen molar-refractivity contribution in [3.8, 4) is 0 Å². The summed E-state index contributed by atoms with van der Waals surface area (Å²) >= 11 is 0. The van der Waals surface area contributed by atoms with E-state index in [9.17, 15) is 4.79 Å². The summed E-state index contributed by atoms with van der Waals surface area (Å²) in [6.45, 7) is 16.1. The summed E-state index contributed by atoms with van der Waals surface area (Å²) < 4.78 is 5.14. The number of ether oxygens (including phenoxy) is 1. The maximum absolute atomic E-state index is 10.5. The highest BCUT2D eigenvalue weighted by atomic mass is 16.5.